The first-order valence-electron chi connectivity index (χ1n) is 7.96. The SMILES string of the molecule is COCc1cc([N+](=O)[O-])ccc1N1CCC(c2c(F)cccc2F)C1. The Hall–Kier alpha value is -2.54. The number of benzene rings is 2. The lowest BCUT2D eigenvalue weighted by atomic mass is 9.97. The van der Waals surface area contributed by atoms with Gasteiger partial charge in [-0.25, -0.2) is 8.78 Å². The predicted molar refractivity (Wildman–Crippen MR) is 89.7 cm³/mol. The molecule has 0 aromatic heterocycles. The maximum Gasteiger partial charge on any atom is 0.269 e. The quantitative estimate of drug-likeness (QED) is 0.605. The normalized spacial score (nSPS) is 17.1. The molecule has 2 aromatic carbocycles. The number of nitrogens with zero attached hydrogens (tertiary/aromatic N) is 2. The van der Waals surface area contributed by atoms with E-state index in [1.807, 2.05) is 4.90 Å². The molecule has 1 heterocycles. The van der Waals surface area contributed by atoms with Crippen molar-refractivity contribution in [1.29, 1.82) is 0 Å². The number of ether oxygens (including phenoxy) is 1. The first kappa shape index (κ1) is 17.3. The minimum absolute atomic E-state index is 0.00769. The van der Waals surface area contributed by atoms with Crippen molar-refractivity contribution in [2.75, 3.05) is 25.1 Å². The third-order valence-electron chi connectivity index (χ3n) is 4.51. The number of halogens is 2. The Bertz CT molecular complexity index is 778. The van der Waals surface area contributed by atoms with Gasteiger partial charge >= 0.3 is 0 Å². The van der Waals surface area contributed by atoms with Crippen LogP contribution in [-0.4, -0.2) is 25.1 Å². The highest BCUT2D eigenvalue weighted by molar-refractivity contribution is 5.59. The number of methoxy groups -OCH3 is 1. The van der Waals surface area contributed by atoms with Gasteiger partial charge in [0.2, 0.25) is 0 Å². The van der Waals surface area contributed by atoms with Crippen LogP contribution in [0.5, 0.6) is 0 Å². The van der Waals surface area contributed by atoms with Crippen LogP contribution in [0.4, 0.5) is 20.2 Å². The monoisotopic (exact) mass is 348 g/mol. The van der Waals surface area contributed by atoms with Gasteiger partial charge in [0, 0.05) is 55.1 Å². The van der Waals surface area contributed by atoms with E-state index >= 15 is 0 Å². The average molecular weight is 348 g/mol. The third kappa shape index (κ3) is 3.46. The number of non-ortho nitro benzene ring substituents is 1. The second-order valence-electron chi connectivity index (χ2n) is 6.07. The second-order valence-corrected chi connectivity index (χ2v) is 6.07. The van der Waals surface area contributed by atoms with Crippen molar-refractivity contribution in [1.82, 2.24) is 0 Å². The first-order valence-corrected chi connectivity index (χ1v) is 7.96. The van der Waals surface area contributed by atoms with Crippen molar-refractivity contribution in [2.45, 2.75) is 18.9 Å². The highest BCUT2D eigenvalue weighted by Crippen LogP contribution is 2.36. The molecule has 5 nitrogen and oxygen atoms in total. The largest absolute Gasteiger partial charge is 0.380 e. The molecule has 0 radical (unpaired) electrons. The summed E-state index contributed by atoms with van der Waals surface area (Å²) in [6, 6.07) is 8.48. The Balaban J connectivity index is 1.88. The molecule has 2 aromatic rings. The molecule has 1 atom stereocenters. The number of hydrogen-bond acceptors (Lipinski definition) is 4. The van der Waals surface area contributed by atoms with E-state index in [0.717, 1.165) is 5.69 Å². The molecule has 25 heavy (non-hydrogen) atoms. The molecule has 0 spiro atoms. The summed E-state index contributed by atoms with van der Waals surface area (Å²) in [5.41, 5.74) is 1.59. The summed E-state index contributed by atoms with van der Waals surface area (Å²) in [7, 11) is 1.52. The van der Waals surface area contributed by atoms with Crippen LogP contribution in [-0.2, 0) is 11.3 Å². The zero-order chi connectivity index (χ0) is 18.0. The van der Waals surface area contributed by atoms with Crippen molar-refractivity contribution < 1.29 is 18.4 Å². The van der Waals surface area contributed by atoms with Gasteiger partial charge in [0.25, 0.3) is 5.69 Å². The fraction of sp³-hybridized carbons (Fsp3) is 0.333. The van der Waals surface area contributed by atoms with Gasteiger partial charge in [-0.2, -0.15) is 0 Å². The third-order valence-corrected chi connectivity index (χ3v) is 4.51. The van der Waals surface area contributed by atoms with Crippen LogP contribution in [0.3, 0.4) is 0 Å². The molecule has 1 fully saturated rings. The lowest BCUT2D eigenvalue weighted by Crippen LogP contribution is -2.21. The van der Waals surface area contributed by atoms with E-state index in [2.05, 4.69) is 0 Å². The molecule has 1 aliphatic heterocycles. The van der Waals surface area contributed by atoms with Crippen molar-refractivity contribution in [3.8, 4) is 0 Å². The molecule has 0 bridgehead atoms. The van der Waals surface area contributed by atoms with Gasteiger partial charge in [-0.15, -0.1) is 0 Å². The molecule has 0 N–H and O–H groups in total. The van der Waals surface area contributed by atoms with E-state index in [4.69, 9.17) is 4.74 Å². The molecular weight excluding hydrogens is 330 g/mol. The van der Waals surface area contributed by atoms with Gasteiger partial charge < -0.3 is 9.64 Å². The maximum atomic E-state index is 14.0. The molecule has 1 aliphatic rings. The molecular formula is C18H18F2N2O3. The molecule has 0 saturated carbocycles. The molecule has 132 valence electrons. The Labute approximate surface area is 144 Å². The Morgan fingerprint density at radius 1 is 1.28 bits per heavy atom. The minimum atomic E-state index is -0.535. The number of hydrogen-bond donors (Lipinski definition) is 0. The minimum Gasteiger partial charge on any atom is -0.380 e. The second kappa shape index (κ2) is 7.14. The summed E-state index contributed by atoms with van der Waals surface area (Å²) in [5, 5.41) is 11.0. The molecule has 7 heteroatoms. The summed E-state index contributed by atoms with van der Waals surface area (Å²) < 4.78 is 33.2. The lowest BCUT2D eigenvalue weighted by molar-refractivity contribution is -0.384. The number of rotatable bonds is 5. The van der Waals surface area contributed by atoms with E-state index < -0.39 is 16.6 Å². The number of anilines is 1. The zero-order valence-corrected chi connectivity index (χ0v) is 13.7. The van der Waals surface area contributed by atoms with E-state index in [1.165, 1.54) is 37.4 Å². The van der Waals surface area contributed by atoms with Crippen molar-refractivity contribution >= 4 is 11.4 Å². The fourth-order valence-electron chi connectivity index (χ4n) is 3.38. The molecule has 0 amide bonds. The summed E-state index contributed by atoms with van der Waals surface area (Å²) in [5.74, 6) is -1.33. The Morgan fingerprint density at radius 3 is 2.64 bits per heavy atom. The van der Waals surface area contributed by atoms with Crippen molar-refractivity contribution in [3.63, 3.8) is 0 Å². The fourth-order valence-corrected chi connectivity index (χ4v) is 3.38. The predicted octanol–water partition coefficient (Wildman–Crippen LogP) is 4.01. The Morgan fingerprint density at radius 2 is 2.00 bits per heavy atom. The van der Waals surface area contributed by atoms with Crippen molar-refractivity contribution in [2.24, 2.45) is 0 Å². The number of nitro groups is 1. The zero-order valence-electron chi connectivity index (χ0n) is 13.7. The van der Waals surface area contributed by atoms with E-state index in [-0.39, 0.29) is 23.8 Å². The van der Waals surface area contributed by atoms with Gasteiger partial charge in [-0.1, -0.05) is 6.07 Å². The highest BCUT2D eigenvalue weighted by Gasteiger charge is 2.29. The van der Waals surface area contributed by atoms with E-state index in [1.54, 1.807) is 6.07 Å². The summed E-state index contributed by atoms with van der Waals surface area (Å²) >= 11 is 0. The van der Waals surface area contributed by atoms with Gasteiger partial charge in [-0.3, -0.25) is 10.1 Å². The topological polar surface area (TPSA) is 55.6 Å². The van der Waals surface area contributed by atoms with Crippen LogP contribution in [0.2, 0.25) is 0 Å². The van der Waals surface area contributed by atoms with Gasteiger partial charge in [0.05, 0.1) is 11.5 Å². The lowest BCUT2D eigenvalue weighted by Gasteiger charge is -2.22. The first-order chi connectivity index (χ1) is 12.0. The van der Waals surface area contributed by atoms with Crippen LogP contribution in [0.1, 0.15) is 23.5 Å². The molecule has 1 saturated heterocycles. The summed E-state index contributed by atoms with van der Waals surface area (Å²) in [6.07, 6.45) is 0.612. The van der Waals surface area contributed by atoms with Gasteiger partial charge in [0.1, 0.15) is 11.6 Å². The maximum absolute atomic E-state index is 14.0. The van der Waals surface area contributed by atoms with Crippen LogP contribution >= 0.6 is 0 Å². The average Bonchev–Trinajstić information content (AvgIpc) is 3.04. The number of nitro benzene ring substituents is 1. The van der Waals surface area contributed by atoms with Crippen LogP contribution in [0, 0.1) is 21.7 Å². The summed E-state index contributed by atoms with van der Waals surface area (Å²) in [4.78, 5) is 12.5. The summed E-state index contributed by atoms with van der Waals surface area (Å²) in [6.45, 7) is 1.30. The van der Waals surface area contributed by atoms with E-state index in [0.29, 0.717) is 25.1 Å². The van der Waals surface area contributed by atoms with Crippen LogP contribution < -0.4 is 4.90 Å². The van der Waals surface area contributed by atoms with E-state index in [9.17, 15) is 18.9 Å². The van der Waals surface area contributed by atoms with Gasteiger partial charge in [-0.05, 0) is 24.6 Å². The molecule has 3 rings (SSSR count). The van der Waals surface area contributed by atoms with Gasteiger partial charge in [0.15, 0.2) is 0 Å². The van der Waals surface area contributed by atoms with Crippen LogP contribution in [0.25, 0.3) is 0 Å². The van der Waals surface area contributed by atoms with Crippen LogP contribution in [0.15, 0.2) is 36.4 Å². The molecule has 0 aliphatic carbocycles. The standard InChI is InChI=1S/C18H18F2N2O3/c1-25-11-13-9-14(22(23)24)5-6-17(13)21-8-7-12(10-21)18-15(19)3-2-4-16(18)20/h2-6,9,12H,7-8,10-11H2,1H3. The smallest absolute Gasteiger partial charge is 0.269 e. The molecule has 1 unspecified atom stereocenters. The van der Waals surface area contributed by atoms with Crippen molar-refractivity contribution in [3.05, 3.63) is 69.3 Å². The Kier molecular flexibility index (Phi) is 4.94. The highest BCUT2D eigenvalue weighted by atomic mass is 19.1.